The molecule has 1 heterocycles. The van der Waals surface area contributed by atoms with Crippen LogP contribution < -0.4 is 10.1 Å². The Hall–Kier alpha value is -4.80. The summed E-state index contributed by atoms with van der Waals surface area (Å²) in [7, 11) is 0. The van der Waals surface area contributed by atoms with Crippen LogP contribution >= 0.6 is 0 Å². The highest BCUT2D eigenvalue weighted by atomic mass is 16.6. The minimum atomic E-state index is -2.25. The fourth-order valence-corrected chi connectivity index (χ4v) is 10.1. The van der Waals surface area contributed by atoms with Crippen LogP contribution in [-0.2, 0) is 42.9 Å². The Bertz CT molecular complexity index is 2070. The third-order valence-corrected chi connectivity index (χ3v) is 13.4. The van der Waals surface area contributed by atoms with E-state index in [1.54, 1.807) is 76.2 Å². The van der Waals surface area contributed by atoms with Gasteiger partial charge < -0.3 is 43.8 Å². The zero-order chi connectivity index (χ0) is 44.1. The quantitative estimate of drug-likeness (QED) is 0.0748. The molecule has 2 bridgehead atoms. The molecule has 5 unspecified atom stereocenters. The highest BCUT2D eigenvalue weighted by Crippen LogP contribution is 2.64. The van der Waals surface area contributed by atoms with Crippen LogP contribution in [0, 0.1) is 16.7 Å². The molecule has 4 N–H and O–H groups in total. The van der Waals surface area contributed by atoms with Gasteiger partial charge in [-0.15, -0.1) is 0 Å². The molecule has 1 saturated heterocycles. The molecule has 3 fully saturated rings. The Balaban J connectivity index is 1.58. The summed E-state index contributed by atoms with van der Waals surface area (Å²) in [5.41, 5.74) is -6.41. The summed E-state index contributed by atoms with van der Waals surface area (Å²) in [4.78, 5) is 80.2. The third kappa shape index (κ3) is 7.37. The van der Waals surface area contributed by atoms with Crippen LogP contribution in [0.5, 0.6) is 5.75 Å². The number of rotatable bonds is 13. The Kier molecular flexibility index (Phi) is 12.4. The second-order valence-corrected chi connectivity index (χ2v) is 17.3. The molecular formula is C45H55NO14. The number of aldehydes is 1. The predicted octanol–water partition coefficient (Wildman–Crippen LogP) is 3.30. The zero-order valence-corrected chi connectivity index (χ0v) is 35.1. The average molecular weight is 834 g/mol. The number of benzene rings is 2. The summed E-state index contributed by atoms with van der Waals surface area (Å²) in [6, 6.07) is 12.8. The molecule has 2 aromatic rings. The Morgan fingerprint density at radius 2 is 1.68 bits per heavy atom. The minimum Gasteiger partial charge on any atom is -0.487 e. The lowest BCUT2D eigenvalue weighted by molar-refractivity contribution is -0.343. The normalized spacial score (nSPS) is 33.2. The van der Waals surface area contributed by atoms with E-state index in [0.717, 1.165) is 6.92 Å². The average Bonchev–Trinajstić information content (AvgIpc) is 3.19. The van der Waals surface area contributed by atoms with Crippen molar-refractivity contribution < 1.29 is 67.8 Å². The van der Waals surface area contributed by atoms with Crippen molar-refractivity contribution in [1.29, 1.82) is 0 Å². The number of aliphatic hydroxyl groups is 3. The van der Waals surface area contributed by atoms with Crippen LogP contribution in [0.2, 0.25) is 0 Å². The molecule has 324 valence electrons. The fraction of sp³-hybridized carbons (Fsp3) is 0.556. The maximum atomic E-state index is 15.5. The van der Waals surface area contributed by atoms with E-state index < -0.39 is 107 Å². The SMILES string of the molecule is CCC(C=O)N[C@@H](c1ccccc1)[C@@H](O)C(=O)OC1CC2(O)[C@@H](Oc3cccc(C(C)=O)c3)[C@H]3[C@](C)(C(=O)C(OC(C)=O)C(=C1C)C2(C)C)[C@@H](O)CC1OC[C@]13OC(C)=O. The highest BCUT2D eigenvalue weighted by molar-refractivity contribution is 5.95. The molecule has 2 saturated carbocycles. The van der Waals surface area contributed by atoms with Crippen LogP contribution in [-0.4, -0.2) is 112 Å². The van der Waals surface area contributed by atoms with Gasteiger partial charge in [0.05, 0.1) is 36.1 Å². The van der Waals surface area contributed by atoms with Gasteiger partial charge in [-0.1, -0.05) is 63.2 Å². The van der Waals surface area contributed by atoms with Crippen molar-refractivity contribution in [3.8, 4) is 5.75 Å². The van der Waals surface area contributed by atoms with E-state index in [1.807, 2.05) is 0 Å². The maximum Gasteiger partial charge on any atom is 0.337 e. The number of nitrogens with one attached hydrogen (secondary N) is 1. The highest BCUT2D eigenvalue weighted by Gasteiger charge is 2.78. The van der Waals surface area contributed by atoms with Crippen molar-refractivity contribution >= 4 is 35.8 Å². The van der Waals surface area contributed by atoms with Crippen LogP contribution in [0.4, 0.5) is 0 Å². The van der Waals surface area contributed by atoms with Crippen LogP contribution in [0.3, 0.4) is 0 Å². The van der Waals surface area contributed by atoms with Gasteiger partial charge in [0, 0.05) is 37.7 Å². The van der Waals surface area contributed by atoms with Crippen molar-refractivity contribution in [2.24, 2.45) is 16.7 Å². The number of hydrogen-bond donors (Lipinski definition) is 4. The van der Waals surface area contributed by atoms with Gasteiger partial charge in [-0.2, -0.15) is 0 Å². The van der Waals surface area contributed by atoms with Gasteiger partial charge in [-0.3, -0.25) is 24.5 Å². The lowest BCUT2D eigenvalue weighted by atomic mass is 9.44. The third-order valence-electron chi connectivity index (χ3n) is 13.4. The number of carbonyl (C=O) groups excluding carboxylic acids is 6. The van der Waals surface area contributed by atoms with Crippen LogP contribution in [0.15, 0.2) is 65.7 Å². The lowest BCUT2D eigenvalue weighted by Gasteiger charge is -2.67. The van der Waals surface area contributed by atoms with Crippen molar-refractivity contribution in [2.45, 2.75) is 135 Å². The molecule has 6 rings (SSSR count). The lowest BCUT2D eigenvalue weighted by Crippen LogP contribution is -2.82. The topological polar surface area (TPSA) is 221 Å². The Morgan fingerprint density at radius 3 is 2.25 bits per heavy atom. The van der Waals surface area contributed by atoms with E-state index >= 15 is 4.79 Å². The van der Waals surface area contributed by atoms with E-state index in [0.29, 0.717) is 18.3 Å². The van der Waals surface area contributed by atoms with Gasteiger partial charge >= 0.3 is 17.9 Å². The number of aliphatic hydroxyl groups excluding tert-OH is 2. The molecule has 60 heavy (non-hydrogen) atoms. The number of ketones is 2. The number of esters is 3. The zero-order valence-electron chi connectivity index (χ0n) is 35.1. The fourth-order valence-electron chi connectivity index (χ4n) is 10.1. The first-order valence-corrected chi connectivity index (χ1v) is 20.2. The molecule has 0 radical (unpaired) electrons. The summed E-state index contributed by atoms with van der Waals surface area (Å²) in [6.07, 6.45) is -8.70. The van der Waals surface area contributed by atoms with Gasteiger partial charge in [0.15, 0.2) is 29.4 Å². The first-order valence-electron chi connectivity index (χ1n) is 20.2. The number of Topliss-reactive ketones (excluding diaryl/α,β-unsaturated/α-hetero) is 2. The molecule has 1 aliphatic heterocycles. The number of hydrogen-bond acceptors (Lipinski definition) is 15. The monoisotopic (exact) mass is 833 g/mol. The van der Waals surface area contributed by atoms with E-state index in [9.17, 15) is 39.3 Å². The first kappa shape index (κ1) is 44.7. The number of ether oxygens (including phenoxy) is 5. The Morgan fingerprint density at radius 1 is 1.00 bits per heavy atom. The standard InChI is InChI=1S/C45H55NO14/c1-9-29(21-47)46-35(27-14-11-10-12-15-27)36(52)41(54)59-31-20-45(55)40(58-30-17-13-16-28(18-30)24(3)48)38-43(8,32(51)19-33-44(38,22-56-33)60-26(5)50)39(53)37(57-25(4)49)34(23(31)2)42(45,6)7/h10-18,21,29,31-33,35-38,40,46,51-52,55H,9,19-20,22H2,1-8H3/t29?,31?,32-,33?,35-,36+,37?,38-,40-,43+,44-,45?/m0/s1. The van der Waals surface area contributed by atoms with E-state index in [-0.39, 0.29) is 41.3 Å². The summed E-state index contributed by atoms with van der Waals surface area (Å²) in [5.74, 6) is -5.14. The van der Waals surface area contributed by atoms with Crippen LogP contribution in [0.25, 0.3) is 0 Å². The minimum absolute atomic E-state index is 0.0694. The molecular weight excluding hydrogens is 778 g/mol. The molecule has 0 aromatic heterocycles. The predicted molar refractivity (Wildman–Crippen MR) is 212 cm³/mol. The van der Waals surface area contributed by atoms with Crippen LogP contribution in [0.1, 0.15) is 96.6 Å². The van der Waals surface area contributed by atoms with E-state index in [1.165, 1.54) is 26.8 Å². The second-order valence-electron chi connectivity index (χ2n) is 17.3. The van der Waals surface area contributed by atoms with Gasteiger partial charge in [-0.25, -0.2) is 4.79 Å². The summed E-state index contributed by atoms with van der Waals surface area (Å²) in [5, 5.41) is 40.6. The molecule has 0 amide bonds. The van der Waals surface area contributed by atoms with Crippen molar-refractivity contribution in [3.05, 3.63) is 76.9 Å². The van der Waals surface area contributed by atoms with Crippen molar-refractivity contribution in [1.82, 2.24) is 5.32 Å². The van der Waals surface area contributed by atoms with Crippen molar-refractivity contribution in [3.63, 3.8) is 0 Å². The number of carbonyl (C=O) groups is 6. The smallest absolute Gasteiger partial charge is 0.337 e. The molecule has 15 heteroatoms. The molecule has 15 nitrogen and oxygen atoms in total. The van der Waals surface area contributed by atoms with Gasteiger partial charge in [0.25, 0.3) is 0 Å². The molecule has 3 aliphatic carbocycles. The Labute approximate surface area is 348 Å². The van der Waals surface area contributed by atoms with Gasteiger partial charge in [0.1, 0.15) is 35.9 Å². The van der Waals surface area contributed by atoms with E-state index in [2.05, 4.69) is 5.32 Å². The second kappa shape index (κ2) is 16.6. The molecule has 4 aliphatic rings. The summed E-state index contributed by atoms with van der Waals surface area (Å²) < 4.78 is 30.9. The first-order chi connectivity index (χ1) is 28.2. The number of fused-ring (bicyclic) bond motifs is 5. The van der Waals surface area contributed by atoms with E-state index in [4.69, 9.17) is 23.7 Å². The molecule has 12 atom stereocenters. The van der Waals surface area contributed by atoms with Gasteiger partial charge in [0.2, 0.25) is 0 Å². The molecule has 0 spiro atoms. The molecule has 2 aromatic carbocycles. The largest absolute Gasteiger partial charge is 0.487 e. The summed E-state index contributed by atoms with van der Waals surface area (Å²) >= 11 is 0. The van der Waals surface area contributed by atoms with Gasteiger partial charge in [-0.05, 0) is 56.0 Å². The van der Waals surface area contributed by atoms with Crippen molar-refractivity contribution in [2.75, 3.05) is 6.61 Å². The maximum absolute atomic E-state index is 15.5. The summed E-state index contributed by atoms with van der Waals surface area (Å²) in [6.45, 7) is 11.5.